The maximum absolute atomic E-state index is 12.9. The number of benzene rings is 2. The second kappa shape index (κ2) is 6.96. The number of carbonyl (C=O) groups excluding carboxylic acids is 1. The fourth-order valence-corrected chi connectivity index (χ4v) is 2.49. The van der Waals surface area contributed by atoms with Gasteiger partial charge in [0.05, 0.1) is 12.2 Å². The van der Waals surface area contributed by atoms with E-state index < -0.39 is 11.4 Å². The van der Waals surface area contributed by atoms with Crippen LogP contribution in [0.2, 0.25) is 0 Å². The molecule has 3 aromatic rings. The van der Waals surface area contributed by atoms with Gasteiger partial charge in [-0.1, -0.05) is 60.7 Å². The van der Waals surface area contributed by atoms with Crippen molar-refractivity contribution < 1.29 is 13.9 Å². The van der Waals surface area contributed by atoms with Gasteiger partial charge in [0.1, 0.15) is 17.6 Å². The van der Waals surface area contributed by atoms with Gasteiger partial charge in [-0.25, -0.2) is 4.79 Å². The summed E-state index contributed by atoms with van der Waals surface area (Å²) < 4.78 is 10.6. The monoisotopic (exact) mass is 320 g/mol. The van der Waals surface area contributed by atoms with Crippen LogP contribution in [0.25, 0.3) is 22.5 Å². The zero-order valence-electron chi connectivity index (χ0n) is 13.2. The predicted octanol–water partition coefficient (Wildman–Crippen LogP) is 4.15. The van der Waals surface area contributed by atoms with Crippen molar-refractivity contribution in [3.8, 4) is 22.5 Å². The standard InChI is InChI=1S/C20H16O4/c1-2-23-20(22)16-13-24-19(15-11-7-4-8-12-15)17(18(16)21)14-9-5-3-6-10-14/h3-13H,2H2,1H3. The summed E-state index contributed by atoms with van der Waals surface area (Å²) >= 11 is 0. The molecule has 0 aliphatic rings. The summed E-state index contributed by atoms with van der Waals surface area (Å²) in [5.41, 5.74) is 1.31. The maximum Gasteiger partial charge on any atom is 0.345 e. The first-order valence-electron chi connectivity index (χ1n) is 7.66. The summed E-state index contributed by atoms with van der Waals surface area (Å²) in [7, 11) is 0. The lowest BCUT2D eigenvalue weighted by Gasteiger charge is -2.10. The highest BCUT2D eigenvalue weighted by molar-refractivity contribution is 5.92. The first-order valence-corrected chi connectivity index (χ1v) is 7.66. The molecule has 0 aliphatic heterocycles. The molecule has 0 unspecified atom stereocenters. The first-order chi connectivity index (χ1) is 11.7. The van der Waals surface area contributed by atoms with Crippen LogP contribution in [0.5, 0.6) is 0 Å². The van der Waals surface area contributed by atoms with Gasteiger partial charge in [-0.05, 0) is 12.5 Å². The number of esters is 1. The highest BCUT2D eigenvalue weighted by atomic mass is 16.5. The Kier molecular flexibility index (Phi) is 4.57. The highest BCUT2D eigenvalue weighted by Gasteiger charge is 2.21. The molecule has 0 bridgehead atoms. The summed E-state index contributed by atoms with van der Waals surface area (Å²) in [5.74, 6) is -0.247. The van der Waals surface area contributed by atoms with Crippen LogP contribution >= 0.6 is 0 Å². The Morgan fingerprint density at radius 3 is 2.12 bits per heavy atom. The fourth-order valence-electron chi connectivity index (χ4n) is 2.49. The predicted molar refractivity (Wildman–Crippen MR) is 91.8 cm³/mol. The van der Waals surface area contributed by atoms with E-state index in [-0.39, 0.29) is 12.2 Å². The molecule has 1 heterocycles. The van der Waals surface area contributed by atoms with E-state index in [0.29, 0.717) is 16.9 Å². The van der Waals surface area contributed by atoms with Gasteiger partial charge in [-0.15, -0.1) is 0 Å². The van der Waals surface area contributed by atoms with Gasteiger partial charge in [0.25, 0.3) is 0 Å². The molecule has 0 amide bonds. The topological polar surface area (TPSA) is 56.5 Å². The minimum Gasteiger partial charge on any atom is -0.463 e. The quantitative estimate of drug-likeness (QED) is 0.678. The lowest BCUT2D eigenvalue weighted by molar-refractivity contribution is 0.0522. The number of ether oxygens (including phenoxy) is 1. The average Bonchev–Trinajstić information content (AvgIpc) is 2.63. The van der Waals surface area contributed by atoms with E-state index >= 15 is 0 Å². The van der Waals surface area contributed by atoms with Crippen LogP contribution in [0, 0.1) is 0 Å². The molecule has 0 fully saturated rings. The van der Waals surface area contributed by atoms with E-state index in [1.165, 1.54) is 6.26 Å². The van der Waals surface area contributed by atoms with Gasteiger partial charge in [0.2, 0.25) is 5.43 Å². The smallest absolute Gasteiger partial charge is 0.345 e. The molecule has 1 aromatic heterocycles. The zero-order chi connectivity index (χ0) is 16.9. The van der Waals surface area contributed by atoms with Gasteiger partial charge < -0.3 is 9.15 Å². The molecule has 0 radical (unpaired) electrons. The molecule has 0 aliphatic carbocycles. The molecule has 0 spiro atoms. The third kappa shape index (κ3) is 2.99. The van der Waals surface area contributed by atoms with Gasteiger partial charge in [0.15, 0.2) is 0 Å². The fraction of sp³-hybridized carbons (Fsp3) is 0.100. The molecule has 2 aromatic carbocycles. The van der Waals surface area contributed by atoms with Crippen LogP contribution in [0.15, 0.2) is 76.1 Å². The van der Waals surface area contributed by atoms with Crippen LogP contribution in [-0.4, -0.2) is 12.6 Å². The normalized spacial score (nSPS) is 10.4. The summed E-state index contributed by atoms with van der Waals surface area (Å²) in [6.07, 6.45) is 1.18. The molecule has 0 saturated carbocycles. The van der Waals surface area contributed by atoms with Crippen molar-refractivity contribution in [2.45, 2.75) is 6.92 Å². The van der Waals surface area contributed by atoms with Crippen molar-refractivity contribution in [3.05, 3.63) is 82.7 Å². The van der Waals surface area contributed by atoms with E-state index in [1.54, 1.807) is 6.92 Å². The summed E-state index contributed by atoms with van der Waals surface area (Å²) in [4.78, 5) is 24.9. The van der Waals surface area contributed by atoms with E-state index in [4.69, 9.17) is 9.15 Å². The number of carbonyl (C=O) groups is 1. The lowest BCUT2D eigenvalue weighted by atomic mass is 9.99. The van der Waals surface area contributed by atoms with Crippen molar-refractivity contribution in [1.29, 1.82) is 0 Å². The Labute approximate surface area is 139 Å². The maximum atomic E-state index is 12.9. The first kappa shape index (κ1) is 15.7. The Balaban J connectivity index is 2.26. The molecule has 0 saturated heterocycles. The van der Waals surface area contributed by atoms with Crippen molar-refractivity contribution in [2.75, 3.05) is 6.61 Å². The Morgan fingerprint density at radius 2 is 1.54 bits per heavy atom. The SMILES string of the molecule is CCOC(=O)c1coc(-c2ccccc2)c(-c2ccccc2)c1=O. The highest BCUT2D eigenvalue weighted by Crippen LogP contribution is 2.29. The average molecular weight is 320 g/mol. The Hall–Kier alpha value is -3.14. The van der Waals surface area contributed by atoms with Crippen molar-refractivity contribution in [3.63, 3.8) is 0 Å². The second-order valence-electron chi connectivity index (χ2n) is 5.14. The third-order valence-corrected chi connectivity index (χ3v) is 3.59. The van der Waals surface area contributed by atoms with Crippen LogP contribution in [0.1, 0.15) is 17.3 Å². The number of hydrogen-bond donors (Lipinski definition) is 0. The number of hydrogen-bond acceptors (Lipinski definition) is 4. The summed E-state index contributed by atoms with van der Waals surface area (Å²) in [6.45, 7) is 1.88. The number of rotatable bonds is 4. The van der Waals surface area contributed by atoms with Gasteiger partial charge in [0, 0.05) is 5.56 Å². The largest absolute Gasteiger partial charge is 0.463 e. The van der Waals surface area contributed by atoms with Gasteiger partial charge in [-0.3, -0.25) is 4.79 Å². The van der Waals surface area contributed by atoms with Crippen LogP contribution in [-0.2, 0) is 4.74 Å². The summed E-state index contributed by atoms with van der Waals surface area (Å²) in [5, 5.41) is 0. The lowest BCUT2D eigenvalue weighted by Crippen LogP contribution is -2.19. The molecule has 3 rings (SSSR count). The van der Waals surface area contributed by atoms with Crippen molar-refractivity contribution >= 4 is 5.97 Å². The summed E-state index contributed by atoms with van der Waals surface area (Å²) in [6, 6.07) is 18.5. The van der Waals surface area contributed by atoms with E-state index in [0.717, 1.165) is 5.56 Å². The van der Waals surface area contributed by atoms with Crippen LogP contribution in [0.3, 0.4) is 0 Å². The molecule has 0 N–H and O–H groups in total. The van der Waals surface area contributed by atoms with E-state index in [1.807, 2.05) is 60.7 Å². The van der Waals surface area contributed by atoms with Crippen LogP contribution < -0.4 is 5.43 Å². The molecular formula is C20H16O4. The van der Waals surface area contributed by atoms with Gasteiger partial charge in [-0.2, -0.15) is 0 Å². The second-order valence-corrected chi connectivity index (χ2v) is 5.14. The van der Waals surface area contributed by atoms with E-state index in [9.17, 15) is 9.59 Å². The molecule has 4 nitrogen and oxygen atoms in total. The molecule has 4 heteroatoms. The third-order valence-electron chi connectivity index (χ3n) is 3.59. The minimum atomic E-state index is -0.678. The Morgan fingerprint density at radius 1 is 0.958 bits per heavy atom. The molecular weight excluding hydrogens is 304 g/mol. The van der Waals surface area contributed by atoms with Crippen molar-refractivity contribution in [1.82, 2.24) is 0 Å². The van der Waals surface area contributed by atoms with E-state index in [2.05, 4.69) is 0 Å². The van der Waals surface area contributed by atoms with Crippen molar-refractivity contribution in [2.24, 2.45) is 0 Å². The van der Waals surface area contributed by atoms with Gasteiger partial charge >= 0.3 is 5.97 Å². The minimum absolute atomic E-state index is 0.101. The van der Waals surface area contributed by atoms with Crippen LogP contribution in [0.4, 0.5) is 0 Å². The molecule has 120 valence electrons. The molecule has 24 heavy (non-hydrogen) atoms. The molecule has 0 atom stereocenters. The zero-order valence-corrected chi connectivity index (χ0v) is 13.2. The Bertz CT molecular complexity index is 896.